The number of hydrogen-bond donors (Lipinski definition) is 3. The Morgan fingerprint density at radius 2 is 1.68 bits per heavy atom. The van der Waals surface area contributed by atoms with E-state index in [2.05, 4.69) is 35.0 Å². The van der Waals surface area contributed by atoms with E-state index in [-0.39, 0.29) is 23.8 Å². The molecule has 0 bridgehead atoms. The number of hydrogen-bond acceptors (Lipinski definition) is 2. The maximum Gasteiger partial charge on any atom is 0.319 e. The van der Waals surface area contributed by atoms with Crippen LogP contribution in [0.4, 0.5) is 16.2 Å². The van der Waals surface area contributed by atoms with Gasteiger partial charge in [-0.3, -0.25) is 4.79 Å². The van der Waals surface area contributed by atoms with E-state index in [1.807, 2.05) is 30.3 Å². The van der Waals surface area contributed by atoms with Gasteiger partial charge in [0.1, 0.15) is 0 Å². The van der Waals surface area contributed by atoms with Gasteiger partial charge in [0.25, 0.3) is 0 Å². The van der Waals surface area contributed by atoms with Gasteiger partial charge < -0.3 is 16.0 Å². The van der Waals surface area contributed by atoms with Gasteiger partial charge in [0.2, 0.25) is 5.91 Å². The van der Waals surface area contributed by atoms with Crippen LogP contribution in [0.5, 0.6) is 0 Å². The van der Waals surface area contributed by atoms with E-state index < -0.39 is 0 Å². The van der Waals surface area contributed by atoms with Gasteiger partial charge in [0.15, 0.2) is 0 Å². The summed E-state index contributed by atoms with van der Waals surface area (Å²) in [5, 5.41) is 8.56. The van der Waals surface area contributed by atoms with Gasteiger partial charge in [0.05, 0.1) is 0 Å². The highest BCUT2D eigenvalue weighted by molar-refractivity contribution is 5.95. The van der Waals surface area contributed by atoms with Crippen LogP contribution in [0, 0.1) is 5.92 Å². The molecule has 5 nitrogen and oxygen atoms in total. The second-order valence-electron chi connectivity index (χ2n) is 6.49. The minimum atomic E-state index is -0.256. The summed E-state index contributed by atoms with van der Waals surface area (Å²) in [4.78, 5) is 23.9. The first-order chi connectivity index (χ1) is 12.1. The van der Waals surface area contributed by atoms with Crippen LogP contribution in [0.25, 0.3) is 0 Å². The molecule has 3 amide bonds. The third-order valence-corrected chi connectivity index (χ3v) is 4.27. The third kappa shape index (κ3) is 5.08. The van der Waals surface area contributed by atoms with Crippen LogP contribution in [-0.4, -0.2) is 18.5 Å². The molecule has 1 aliphatic carbocycles. The van der Waals surface area contributed by atoms with Crippen molar-refractivity contribution in [3.8, 4) is 0 Å². The van der Waals surface area contributed by atoms with Crippen LogP contribution in [0.15, 0.2) is 54.6 Å². The molecular formula is C20H23N3O2. The van der Waals surface area contributed by atoms with Crippen molar-refractivity contribution in [2.24, 2.45) is 5.92 Å². The largest absolute Gasteiger partial charge is 0.337 e. The van der Waals surface area contributed by atoms with E-state index in [1.54, 1.807) is 12.1 Å². The molecular weight excluding hydrogens is 314 g/mol. The fourth-order valence-corrected chi connectivity index (χ4v) is 2.59. The second-order valence-corrected chi connectivity index (χ2v) is 6.49. The standard InChI is InChI=1S/C20H23N3O2/c1-14(15-6-3-2-4-7-15)13-21-20(25)23-18-9-5-8-17(12-18)22-19(24)16-10-11-16/h2-9,12,14,16H,10-11,13H2,1H3,(H,22,24)(H2,21,23,25). The number of amides is 3. The van der Waals surface area contributed by atoms with Crippen LogP contribution < -0.4 is 16.0 Å². The van der Waals surface area contributed by atoms with Gasteiger partial charge in [-0.15, -0.1) is 0 Å². The Balaban J connectivity index is 1.49. The van der Waals surface area contributed by atoms with E-state index in [1.165, 1.54) is 5.56 Å². The minimum absolute atomic E-state index is 0.0540. The summed E-state index contributed by atoms with van der Waals surface area (Å²) in [5.41, 5.74) is 2.54. The lowest BCUT2D eigenvalue weighted by Gasteiger charge is -2.14. The lowest BCUT2D eigenvalue weighted by atomic mass is 10.0. The predicted molar refractivity (Wildman–Crippen MR) is 99.7 cm³/mol. The molecule has 5 heteroatoms. The summed E-state index contributed by atoms with van der Waals surface area (Å²) in [7, 11) is 0. The smallest absolute Gasteiger partial charge is 0.319 e. The number of rotatable bonds is 6. The molecule has 0 aliphatic heterocycles. The van der Waals surface area contributed by atoms with E-state index in [0.29, 0.717) is 17.9 Å². The molecule has 1 saturated carbocycles. The number of nitrogens with one attached hydrogen (secondary N) is 3. The van der Waals surface area contributed by atoms with Gasteiger partial charge >= 0.3 is 6.03 Å². The molecule has 3 N–H and O–H groups in total. The molecule has 1 atom stereocenters. The molecule has 25 heavy (non-hydrogen) atoms. The van der Waals surface area contributed by atoms with Gasteiger partial charge in [-0.25, -0.2) is 4.79 Å². The highest BCUT2D eigenvalue weighted by Gasteiger charge is 2.29. The molecule has 130 valence electrons. The molecule has 1 fully saturated rings. The Morgan fingerprint density at radius 3 is 2.36 bits per heavy atom. The van der Waals surface area contributed by atoms with Gasteiger partial charge in [-0.1, -0.05) is 43.3 Å². The minimum Gasteiger partial charge on any atom is -0.337 e. The number of anilines is 2. The van der Waals surface area contributed by atoms with E-state index in [9.17, 15) is 9.59 Å². The summed E-state index contributed by atoms with van der Waals surface area (Å²) in [6.07, 6.45) is 1.93. The Morgan fingerprint density at radius 1 is 1.00 bits per heavy atom. The summed E-state index contributed by atoms with van der Waals surface area (Å²) in [5.74, 6) is 0.439. The van der Waals surface area contributed by atoms with E-state index in [4.69, 9.17) is 0 Å². The van der Waals surface area contributed by atoms with Crippen LogP contribution in [0.1, 0.15) is 31.2 Å². The van der Waals surface area contributed by atoms with Crippen LogP contribution >= 0.6 is 0 Å². The summed E-state index contributed by atoms with van der Waals surface area (Å²) in [6.45, 7) is 2.62. The Labute approximate surface area is 147 Å². The van der Waals surface area contributed by atoms with Gasteiger partial charge in [-0.05, 0) is 42.5 Å². The number of benzene rings is 2. The van der Waals surface area contributed by atoms with Gasteiger partial charge in [-0.2, -0.15) is 0 Å². The highest BCUT2D eigenvalue weighted by atomic mass is 16.2. The predicted octanol–water partition coefficient (Wildman–Crippen LogP) is 3.96. The van der Waals surface area contributed by atoms with Crippen molar-refractivity contribution in [3.63, 3.8) is 0 Å². The quantitative estimate of drug-likeness (QED) is 0.747. The van der Waals surface area contributed by atoms with Crippen LogP contribution in [-0.2, 0) is 4.79 Å². The Hall–Kier alpha value is -2.82. The second kappa shape index (κ2) is 7.83. The Kier molecular flexibility index (Phi) is 5.33. The van der Waals surface area contributed by atoms with Gasteiger partial charge in [0, 0.05) is 23.8 Å². The number of carbonyl (C=O) groups is 2. The summed E-state index contributed by atoms with van der Waals surface area (Å²) >= 11 is 0. The van der Waals surface area contributed by atoms with Crippen molar-refractivity contribution in [1.29, 1.82) is 0 Å². The molecule has 0 saturated heterocycles. The Bertz CT molecular complexity index is 742. The summed E-state index contributed by atoms with van der Waals surface area (Å²) < 4.78 is 0. The molecule has 0 spiro atoms. The topological polar surface area (TPSA) is 70.2 Å². The zero-order valence-corrected chi connectivity index (χ0v) is 14.3. The van der Waals surface area contributed by atoms with Crippen molar-refractivity contribution in [2.75, 3.05) is 17.2 Å². The van der Waals surface area contributed by atoms with Crippen molar-refractivity contribution >= 4 is 23.3 Å². The molecule has 0 aromatic heterocycles. The van der Waals surface area contributed by atoms with Crippen LogP contribution in [0.2, 0.25) is 0 Å². The van der Waals surface area contributed by atoms with E-state index in [0.717, 1.165) is 12.8 Å². The van der Waals surface area contributed by atoms with Crippen molar-refractivity contribution < 1.29 is 9.59 Å². The monoisotopic (exact) mass is 337 g/mol. The normalized spacial score (nSPS) is 14.4. The lowest BCUT2D eigenvalue weighted by molar-refractivity contribution is -0.117. The fourth-order valence-electron chi connectivity index (χ4n) is 2.59. The number of urea groups is 1. The number of carbonyl (C=O) groups excluding carboxylic acids is 2. The third-order valence-electron chi connectivity index (χ3n) is 4.27. The van der Waals surface area contributed by atoms with Crippen LogP contribution in [0.3, 0.4) is 0 Å². The van der Waals surface area contributed by atoms with Crippen molar-refractivity contribution in [3.05, 3.63) is 60.2 Å². The molecule has 1 aliphatic rings. The maximum atomic E-state index is 12.1. The molecule has 1 unspecified atom stereocenters. The molecule has 0 radical (unpaired) electrons. The first kappa shape index (κ1) is 17.0. The van der Waals surface area contributed by atoms with Crippen molar-refractivity contribution in [2.45, 2.75) is 25.7 Å². The fraction of sp³-hybridized carbons (Fsp3) is 0.300. The summed E-state index contributed by atoms with van der Waals surface area (Å²) in [6, 6.07) is 17.0. The van der Waals surface area contributed by atoms with E-state index >= 15 is 0 Å². The zero-order chi connectivity index (χ0) is 17.6. The van der Waals surface area contributed by atoms with Crippen molar-refractivity contribution in [1.82, 2.24) is 5.32 Å². The molecule has 0 heterocycles. The zero-order valence-electron chi connectivity index (χ0n) is 14.3. The maximum absolute atomic E-state index is 12.1. The SMILES string of the molecule is CC(CNC(=O)Nc1cccc(NC(=O)C2CC2)c1)c1ccccc1. The first-order valence-electron chi connectivity index (χ1n) is 8.62. The lowest BCUT2D eigenvalue weighted by Crippen LogP contribution is -2.31. The average molecular weight is 337 g/mol. The molecule has 3 rings (SSSR count). The first-order valence-corrected chi connectivity index (χ1v) is 8.62. The molecule has 2 aromatic rings. The molecule has 2 aromatic carbocycles. The average Bonchev–Trinajstić information content (AvgIpc) is 3.46. The highest BCUT2D eigenvalue weighted by Crippen LogP contribution is 2.30.